The molecule has 3 aliphatic rings. The van der Waals surface area contributed by atoms with Gasteiger partial charge in [-0.3, -0.25) is 24.6 Å². The molecule has 3 unspecified atom stereocenters. The number of hydrogen-bond acceptors (Lipinski definition) is 9. The van der Waals surface area contributed by atoms with E-state index < -0.39 is 35.9 Å². The monoisotopic (exact) mass is 678 g/mol. The number of nitrogen functional groups attached to an aromatic ring is 1. The minimum atomic E-state index is -1.36. The summed E-state index contributed by atoms with van der Waals surface area (Å²) in [5.74, 6) is -0.350. The zero-order valence-corrected chi connectivity index (χ0v) is 26.8. The van der Waals surface area contributed by atoms with E-state index in [1.54, 1.807) is 10.7 Å². The van der Waals surface area contributed by atoms with E-state index in [1.165, 1.54) is 17.3 Å². The van der Waals surface area contributed by atoms with E-state index >= 15 is 8.78 Å². The highest BCUT2D eigenvalue weighted by Gasteiger charge is 2.40. The Labute approximate surface area is 284 Å². The number of para-hydroxylation sites is 1. The number of hydrogen-bond donors (Lipinski definition) is 2. The van der Waals surface area contributed by atoms with Crippen LogP contribution < -0.4 is 15.8 Å². The van der Waals surface area contributed by atoms with E-state index in [-0.39, 0.29) is 49.8 Å². The molecule has 8 rings (SSSR count). The first-order chi connectivity index (χ1) is 24.2. The van der Waals surface area contributed by atoms with Gasteiger partial charge in [-0.1, -0.05) is 18.2 Å². The fourth-order valence-corrected chi connectivity index (χ4v) is 7.11. The quantitative estimate of drug-likeness (QED) is 0.237. The van der Waals surface area contributed by atoms with Crippen LogP contribution in [0.4, 0.5) is 14.6 Å². The van der Waals surface area contributed by atoms with Gasteiger partial charge >= 0.3 is 0 Å². The van der Waals surface area contributed by atoms with Crippen molar-refractivity contribution in [2.45, 2.75) is 50.6 Å². The number of ether oxygens (including phenoxy) is 1. The molecule has 0 aliphatic carbocycles. The van der Waals surface area contributed by atoms with Gasteiger partial charge in [-0.05, 0) is 66.9 Å². The van der Waals surface area contributed by atoms with Crippen molar-refractivity contribution in [1.29, 1.82) is 0 Å². The summed E-state index contributed by atoms with van der Waals surface area (Å²) in [4.78, 5) is 48.9. The number of fused-ring (bicyclic) bond motifs is 2. The number of rotatable bonds is 7. The van der Waals surface area contributed by atoms with E-state index in [9.17, 15) is 14.4 Å². The van der Waals surface area contributed by atoms with Crippen molar-refractivity contribution in [3.63, 3.8) is 0 Å². The summed E-state index contributed by atoms with van der Waals surface area (Å²) in [6.45, 7) is 0.734. The van der Waals surface area contributed by atoms with Crippen molar-refractivity contribution in [2.24, 2.45) is 0 Å². The molecule has 0 bridgehead atoms. The van der Waals surface area contributed by atoms with Crippen LogP contribution in [0.5, 0.6) is 11.5 Å². The smallest absolute Gasteiger partial charge is 0.255 e. The van der Waals surface area contributed by atoms with E-state index in [0.717, 1.165) is 5.56 Å². The van der Waals surface area contributed by atoms with Crippen LogP contribution in [-0.4, -0.2) is 72.6 Å². The number of piperidine rings is 2. The number of nitrogens with one attached hydrogen (secondary N) is 1. The molecule has 0 spiro atoms. The molecule has 254 valence electrons. The summed E-state index contributed by atoms with van der Waals surface area (Å²) in [5.41, 5.74) is 9.12. The molecular weight excluding hydrogens is 646 g/mol. The van der Waals surface area contributed by atoms with Gasteiger partial charge in [0.25, 0.3) is 5.91 Å². The second-order valence-corrected chi connectivity index (χ2v) is 12.8. The normalized spacial score (nSPS) is 21.0. The van der Waals surface area contributed by atoms with Gasteiger partial charge in [0.15, 0.2) is 5.65 Å². The number of carbonyl (C=O) groups is 3. The minimum absolute atomic E-state index is 0.0191. The van der Waals surface area contributed by atoms with Crippen molar-refractivity contribution < 1.29 is 27.9 Å². The van der Waals surface area contributed by atoms with Crippen molar-refractivity contribution in [2.75, 3.05) is 18.8 Å². The number of nitrogens with two attached hydrogens (primary N) is 1. The highest BCUT2D eigenvalue weighted by molar-refractivity contribution is 6.05. The van der Waals surface area contributed by atoms with Gasteiger partial charge < -0.3 is 15.4 Å². The highest BCUT2D eigenvalue weighted by Crippen LogP contribution is 2.37. The topological polar surface area (TPSA) is 149 Å². The van der Waals surface area contributed by atoms with Gasteiger partial charge in [-0.25, -0.2) is 23.4 Å². The van der Waals surface area contributed by atoms with Crippen LogP contribution in [0, 0.1) is 5.82 Å². The van der Waals surface area contributed by atoms with Crippen LogP contribution in [0.3, 0.4) is 0 Å². The van der Waals surface area contributed by atoms with Crippen molar-refractivity contribution in [3.8, 4) is 22.8 Å². The highest BCUT2D eigenvalue weighted by atomic mass is 19.1. The molecule has 14 heteroatoms. The number of halogens is 2. The molecule has 3 N–H and O–H groups in total. The molecule has 2 fully saturated rings. The largest absolute Gasteiger partial charge is 0.457 e. The molecule has 3 aliphatic heterocycles. The number of alkyl halides is 1. The molecule has 3 aromatic carbocycles. The van der Waals surface area contributed by atoms with Crippen LogP contribution in [-0.2, 0) is 22.7 Å². The average molecular weight is 679 g/mol. The van der Waals surface area contributed by atoms with Gasteiger partial charge in [-0.2, -0.15) is 5.10 Å². The summed E-state index contributed by atoms with van der Waals surface area (Å²) in [6.07, 6.45) is 0.693. The van der Waals surface area contributed by atoms with E-state index in [1.807, 2.05) is 59.5 Å². The zero-order valence-electron chi connectivity index (χ0n) is 26.8. The Kier molecular flexibility index (Phi) is 7.94. The maximum atomic E-state index is 16.1. The summed E-state index contributed by atoms with van der Waals surface area (Å²) < 4.78 is 38.9. The first kappa shape index (κ1) is 31.5. The number of likely N-dealkylation sites (tertiary alicyclic amines) is 1. The molecule has 2 aromatic heterocycles. The third kappa shape index (κ3) is 5.70. The number of imide groups is 1. The molecular formula is C36H32F2N8O4. The predicted molar refractivity (Wildman–Crippen MR) is 178 cm³/mol. The maximum Gasteiger partial charge on any atom is 0.255 e. The number of anilines is 1. The summed E-state index contributed by atoms with van der Waals surface area (Å²) in [7, 11) is 0. The molecule has 0 saturated carbocycles. The Bertz CT molecular complexity index is 2140. The fourth-order valence-electron chi connectivity index (χ4n) is 7.11. The van der Waals surface area contributed by atoms with Gasteiger partial charge in [0, 0.05) is 49.3 Å². The molecule has 3 atom stereocenters. The standard InChI is InChI=1S/C36H32F2N8O4/c37-26-15-25-21(17-45(36(25)49)29-10-11-30(47)42-35(29)48)14-22(26)16-44-13-12-28(27(38)18-44)46-34-31(33(39)40-19-41-34)32(43-46)20-6-8-24(9-7-20)50-23-4-2-1-3-5-23/h1-9,14-15,19,27-29H,10-13,16-18H2,(H2,39,40,41)(H,42,47,48). The molecule has 50 heavy (non-hydrogen) atoms. The molecule has 2 saturated heterocycles. The van der Waals surface area contributed by atoms with Gasteiger partial charge in [0.1, 0.15) is 47.4 Å². The second kappa shape index (κ2) is 12.6. The van der Waals surface area contributed by atoms with Crippen LogP contribution in [0.1, 0.15) is 46.8 Å². The molecule has 3 amide bonds. The predicted octanol–water partition coefficient (Wildman–Crippen LogP) is 4.55. The van der Waals surface area contributed by atoms with Crippen LogP contribution >= 0.6 is 0 Å². The Hall–Kier alpha value is -5.76. The summed E-state index contributed by atoms with van der Waals surface area (Å²) in [6, 6.07) is 18.2. The minimum Gasteiger partial charge on any atom is -0.457 e. The van der Waals surface area contributed by atoms with E-state index in [4.69, 9.17) is 15.6 Å². The first-order valence-electron chi connectivity index (χ1n) is 16.4. The van der Waals surface area contributed by atoms with Crippen LogP contribution in [0.25, 0.3) is 22.3 Å². The maximum absolute atomic E-state index is 16.1. The lowest BCUT2D eigenvalue weighted by atomic mass is 10.0. The fraction of sp³-hybridized carbons (Fsp3) is 0.278. The van der Waals surface area contributed by atoms with Crippen molar-refractivity contribution in [1.82, 2.24) is 34.9 Å². The van der Waals surface area contributed by atoms with E-state index in [0.29, 0.717) is 52.3 Å². The summed E-state index contributed by atoms with van der Waals surface area (Å²) in [5, 5.41) is 7.62. The molecule has 0 radical (unpaired) electrons. The summed E-state index contributed by atoms with van der Waals surface area (Å²) >= 11 is 0. The molecule has 5 heterocycles. The van der Waals surface area contributed by atoms with Crippen molar-refractivity contribution in [3.05, 3.63) is 95.6 Å². The Morgan fingerprint density at radius 1 is 0.980 bits per heavy atom. The number of carbonyl (C=O) groups excluding carboxylic acids is 3. The van der Waals surface area contributed by atoms with Gasteiger partial charge in [0.2, 0.25) is 11.8 Å². The number of nitrogens with zero attached hydrogens (tertiary/aromatic N) is 6. The first-order valence-corrected chi connectivity index (χ1v) is 16.4. The Morgan fingerprint density at radius 2 is 1.76 bits per heavy atom. The third-order valence-electron chi connectivity index (χ3n) is 9.61. The molecule has 5 aromatic rings. The SMILES string of the molecule is Nc1ncnc2c1c(-c1ccc(Oc3ccccc3)cc1)nn2C1CCN(Cc2cc3c(cc2F)C(=O)N(C2CCC(=O)NC2=O)C3)CC1F. The lowest BCUT2D eigenvalue weighted by Gasteiger charge is -2.35. The van der Waals surface area contributed by atoms with Crippen LogP contribution in [0.2, 0.25) is 0 Å². The number of benzene rings is 3. The van der Waals surface area contributed by atoms with Gasteiger partial charge in [-0.15, -0.1) is 0 Å². The molecule has 12 nitrogen and oxygen atoms in total. The number of aromatic nitrogens is 4. The van der Waals surface area contributed by atoms with Crippen molar-refractivity contribution >= 4 is 34.6 Å². The van der Waals surface area contributed by atoms with E-state index in [2.05, 4.69) is 15.3 Å². The lowest BCUT2D eigenvalue weighted by Crippen LogP contribution is -2.52. The third-order valence-corrected chi connectivity index (χ3v) is 9.61. The lowest BCUT2D eigenvalue weighted by molar-refractivity contribution is -0.136. The Morgan fingerprint density at radius 3 is 2.52 bits per heavy atom. The number of amides is 3. The Balaban J connectivity index is 0.987. The zero-order chi connectivity index (χ0) is 34.5. The average Bonchev–Trinajstić information content (AvgIpc) is 3.64. The van der Waals surface area contributed by atoms with Crippen LogP contribution in [0.15, 0.2) is 73.1 Å². The van der Waals surface area contributed by atoms with Gasteiger partial charge in [0.05, 0.1) is 11.4 Å². The second-order valence-electron chi connectivity index (χ2n) is 12.8.